The third kappa shape index (κ3) is 8.71. The summed E-state index contributed by atoms with van der Waals surface area (Å²) in [6.45, 7) is 5.73. The molecule has 2 aromatic carbocycles. The Bertz CT molecular complexity index is 1430. The summed E-state index contributed by atoms with van der Waals surface area (Å²) in [6, 6.07) is 16.2. The van der Waals surface area contributed by atoms with Gasteiger partial charge in [-0.05, 0) is 30.7 Å². The smallest absolute Gasteiger partial charge is 0.303 e. The van der Waals surface area contributed by atoms with Crippen LogP contribution >= 0.6 is 11.8 Å². The fourth-order valence-corrected chi connectivity index (χ4v) is 6.03. The van der Waals surface area contributed by atoms with Crippen molar-refractivity contribution >= 4 is 46.6 Å². The van der Waals surface area contributed by atoms with Crippen LogP contribution in [0.1, 0.15) is 34.1 Å². The van der Waals surface area contributed by atoms with E-state index in [2.05, 4.69) is 5.32 Å². The number of benzene rings is 2. The van der Waals surface area contributed by atoms with Crippen LogP contribution in [-0.4, -0.2) is 76.4 Å². The number of nitrogens with zero attached hydrogens (tertiary/aromatic N) is 2. The second kappa shape index (κ2) is 14.9. The van der Waals surface area contributed by atoms with Crippen molar-refractivity contribution in [3.63, 3.8) is 0 Å². The van der Waals surface area contributed by atoms with E-state index in [1.807, 2.05) is 59.2 Å². The molecule has 12 nitrogen and oxygen atoms in total. The van der Waals surface area contributed by atoms with Crippen molar-refractivity contribution in [3.8, 4) is 5.75 Å². The third-order valence-electron chi connectivity index (χ3n) is 6.45. The first-order chi connectivity index (χ1) is 20.6. The van der Waals surface area contributed by atoms with Crippen molar-refractivity contribution in [3.05, 3.63) is 54.6 Å². The van der Waals surface area contributed by atoms with Crippen molar-refractivity contribution in [1.29, 1.82) is 0 Å². The van der Waals surface area contributed by atoms with Crippen LogP contribution in [0, 0.1) is 0 Å². The molecule has 0 aliphatic carbocycles. The van der Waals surface area contributed by atoms with E-state index in [9.17, 15) is 19.2 Å². The molecule has 4 rings (SSSR count). The number of carbonyl (C=O) groups is 4. The molecule has 0 bridgehead atoms. The highest BCUT2D eigenvalue weighted by molar-refractivity contribution is 7.99. The lowest BCUT2D eigenvalue weighted by Gasteiger charge is -2.44. The minimum Gasteiger partial charge on any atom is -0.494 e. The fourth-order valence-electron chi connectivity index (χ4n) is 4.78. The second-order valence-corrected chi connectivity index (χ2v) is 11.0. The van der Waals surface area contributed by atoms with E-state index >= 15 is 0 Å². The molecule has 1 aliphatic rings. The third-order valence-corrected chi connectivity index (χ3v) is 7.61. The van der Waals surface area contributed by atoms with Crippen molar-refractivity contribution in [2.45, 2.75) is 75.6 Å². The number of para-hydroxylation sites is 3. The first-order valence-electron chi connectivity index (χ1n) is 13.8. The molecular weight excluding hydrogens is 578 g/mol. The molecule has 2 heterocycles. The van der Waals surface area contributed by atoms with Crippen molar-refractivity contribution in [2.75, 3.05) is 13.2 Å². The van der Waals surface area contributed by atoms with Gasteiger partial charge in [0.15, 0.2) is 17.4 Å². The zero-order valence-corrected chi connectivity index (χ0v) is 25.2. The molecule has 5 atom stereocenters. The van der Waals surface area contributed by atoms with Crippen LogP contribution in [0.3, 0.4) is 0 Å². The number of aromatic nitrogens is 2. The summed E-state index contributed by atoms with van der Waals surface area (Å²) in [5.41, 5.74) is 0.769. The maximum atomic E-state index is 12.3. The normalized spacial score (nSPS) is 21.5. The number of hydrogen-bond acceptors (Lipinski definition) is 11. The van der Waals surface area contributed by atoms with Gasteiger partial charge in [0.25, 0.3) is 0 Å². The predicted octanol–water partition coefficient (Wildman–Crippen LogP) is 3.25. The van der Waals surface area contributed by atoms with Crippen molar-refractivity contribution in [1.82, 2.24) is 14.9 Å². The number of fused-ring (bicyclic) bond motifs is 1. The Morgan fingerprint density at radius 2 is 1.58 bits per heavy atom. The summed E-state index contributed by atoms with van der Waals surface area (Å²) < 4.78 is 30.6. The number of aryl methyl sites for hydroxylation is 1. The van der Waals surface area contributed by atoms with Crippen LogP contribution in [-0.2, 0) is 44.7 Å². The van der Waals surface area contributed by atoms with E-state index < -0.39 is 53.6 Å². The van der Waals surface area contributed by atoms with Crippen LogP contribution in [0.4, 0.5) is 0 Å². The molecule has 1 amide bonds. The first kappa shape index (κ1) is 31.8. The van der Waals surface area contributed by atoms with Gasteiger partial charge in [0, 0.05) is 34.2 Å². The van der Waals surface area contributed by atoms with E-state index in [-0.39, 0.29) is 6.61 Å². The molecule has 1 saturated heterocycles. The van der Waals surface area contributed by atoms with Gasteiger partial charge in [-0.3, -0.25) is 19.2 Å². The van der Waals surface area contributed by atoms with Gasteiger partial charge in [0.2, 0.25) is 5.91 Å². The van der Waals surface area contributed by atoms with Gasteiger partial charge in [-0.2, -0.15) is 0 Å². The fraction of sp³-hybridized carbons (Fsp3) is 0.433. The SMILES string of the molecule is CC(=O)N[C@H]1[C@@H](OC(C)=O)[C@H](OC(C)=O)[C@@H](COC(C)=O)O[C@H]1Sc1nc2ccccc2n1CCCOc1ccccc1. The summed E-state index contributed by atoms with van der Waals surface area (Å²) in [5.74, 6) is -1.52. The molecule has 1 aliphatic heterocycles. The number of ether oxygens (including phenoxy) is 5. The van der Waals surface area contributed by atoms with Gasteiger partial charge in [0.05, 0.1) is 17.6 Å². The number of carbonyl (C=O) groups excluding carboxylic acids is 4. The molecule has 13 heteroatoms. The average molecular weight is 614 g/mol. The minimum absolute atomic E-state index is 0.276. The monoisotopic (exact) mass is 613 g/mol. The van der Waals surface area contributed by atoms with Crippen LogP contribution < -0.4 is 10.1 Å². The van der Waals surface area contributed by atoms with Crippen molar-refractivity contribution in [2.24, 2.45) is 0 Å². The largest absolute Gasteiger partial charge is 0.494 e. The summed E-state index contributed by atoms with van der Waals surface area (Å²) >= 11 is 1.21. The zero-order valence-electron chi connectivity index (χ0n) is 24.4. The van der Waals surface area contributed by atoms with Crippen molar-refractivity contribution < 1.29 is 42.9 Å². The van der Waals surface area contributed by atoms with Crippen LogP contribution in [0.2, 0.25) is 0 Å². The van der Waals surface area contributed by atoms with Gasteiger partial charge in [0.1, 0.15) is 29.9 Å². The number of imidazole rings is 1. The maximum Gasteiger partial charge on any atom is 0.303 e. The Kier molecular flexibility index (Phi) is 11.0. The second-order valence-electron chi connectivity index (χ2n) is 9.89. The standard InChI is InChI=1S/C30H35N3O9S/c1-18(34)31-26-28(41-21(4)37)27(40-20(3)36)25(17-39-19(2)35)42-29(26)43-30-32-23-13-8-9-14-24(23)33(30)15-10-16-38-22-11-6-5-7-12-22/h5-9,11-14,25-29H,10,15-17H2,1-4H3,(H,31,34)/t25-,26+,27-,28-,29+/m1/s1. The molecule has 1 aromatic heterocycles. The van der Waals surface area contributed by atoms with Gasteiger partial charge in [-0.1, -0.05) is 42.1 Å². The van der Waals surface area contributed by atoms with Crippen LogP contribution in [0.25, 0.3) is 11.0 Å². The van der Waals surface area contributed by atoms with Gasteiger partial charge >= 0.3 is 17.9 Å². The van der Waals surface area contributed by atoms with E-state index in [1.165, 1.54) is 39.5 Å². The van der Waals surface area contributed by atoms with E-state index in [4.69, 9.17) is 28.7 Å². The quantitative estimate of drug-likeness (QED) is 0.183. The lowest BCUT2D eigenvalue weighted by Crippen LogP contribution is -2.65. The van der Waals surface area contributed by atoms with E-state index in [0.717, 1.165) is 16.8 Å². The number of rotatable bonds is 12. The lowest BCUT2D eigenvalue weighted by atomic mass is 9.97. The molecule has 1 N–H and O–H groups in total. The molecule has 43 heavy (non-hydrogen) atoms. The molecule has 0 spiro atoms. The molecule has 3 aromatic rings. The Labute approximate surface area is 253 Å². The molecular formula is C30H35N3O9S. The molecule has 230 valence electrons. The lowest BCUT2D eigenvalue weighted by molar-refractivity contribution is -0.211. The topological polar surface area (TPSA) is 144 Å². The Hall–Kier alpha value is -4.10. The molecule has 0 unspecified atom stereocenters. The predicted molar refractivity (Wildman–Crippen MR) is 156 cm³/mol. The Morgan fingerprint density at radius 3 is 2.26 bits per heavy atom. The summed E-state index contributed by atoms with van der Waals surface area (Å²) in [7, 11) is 0. The number of nitrogens with one attached hydrogen (secondary N) is 1. The molecule has 0 radical (unpaired) electrons. The van der Waals surface area contributed by atoms with Crippen LogP contribution in [0.5, 0.6) is 5.75 Å². The average Bonchev–Trinajstić information content (AvgIpc) is 3.30. The first-order valence-corrected chi connectivity index (χ1v) is 14.7. The van der Waals surface area contributed by atoms with Gasteiger partial charge in [-0.25, -0.2) is 4.98 Å². The highest BCUT2D eigenvalue weighted by atomic mass is 32.2. The summed E-state index contributed by atoms with van der Waals surface area (Å²) in [6.07, 6.45) is -2.64. The number of thioether (sulfide) groups is 1. The van der Waals surface area contributed by atoms with Gasteiger partial charge in [-0.15, -0.1) is 0 Å². The van der Waals surface area contributed by atoms with E-state index in [1.54, 1.807) is 0 Å². The Morgan fingerprint density at radius 1 is 0.907 bits per heavy atom. The number of esters is 3. The minimum atomic E-state index is -1.16. The highest BCUT2D eigenvalue weighted by Crippen LogP contribution is 2.37. The number of amides is 1. The van der Waals surface area contributed by atoms with Gasteiger partial charge < -0.3 is 33.6 Å². The maximum absolute atomic E-state index is 12.3. The summed E-state index contributed by atoms with van der Waals surface area (Å²) in [5, 5.41) is 3.39. The Balaban J connectivity index is 1.65. The highest BCUT2D eigenvalue weighted by Gasteiger charge is 2.51. The van der Waals surface area contributed by atoms with E-state index in [0.29, 0.717) is 24.7 Å². The molecule has 1 fully saturated rings. The zero-order chi connectivity index (χ0) is 30.9. The number of hydrogen-bond donors (Lipinski definition) is 1. The summed E-state index contributed by atoms with van der Waals surface area (Å²) in [4.78, 5) is 53.1. The molecule has 0 saturated carbocycles. The van der Waals surface area contributed by atoms with Crippen LogP contribution in [0.15, 0.2) is 59.8 Å².